The van der Waals surface area contributed by atoms with Gasteiger partial charge in [-0.25, -0.2) is 0 Å². The quantitative estimate of drug-likeness (QED) is 0.486. The van der Waals surface area contributed by atoms with Gasteiger partial charge in [0.2, 0.25) is 5.91 Å². The van der Waals surface area contributed by atoms with Crippen molar-refractivity contribution in [2.75, 3.05) is 13.7 Å². The minimum atomic E-state index is -0.736. The molecule has 1 N–H and O–H groups in total. The van der Waals surface area contributed by atoms with Crippen molar-refractivity contribution < 1.29 is 14.3 Å². The summed E-state index contributed by atoms with van der Waals surface area (Å²) >= 11 is 3.60. The largest absolute Gasteiger partial charge is 0.355 e. The van der Waals surface area contributed by atoms with Gasteiger partial charge in [-0.3, -0.25) is 14.3 Å². The minimum absolute atomic E-state index is 0.0278. The Kier molecular flexibility index (Phi) is 5.33. The van der Waals surface area contributed by atoms with Crippen LogP contribution in [-0.4, -0.2) is 61.7 Å². The zero-order chi connectivity index (χ0) is 24.3. The molecule has 0 bridgehead atoms. The maximum atomic E-state index is 12.7. The van der Waals surface area contributed by atoms with Gasteiger partial charge in [0.15, 0.2) is 0 Å². The lowest BCUT2D eigenvalue weighted by molar-refractivity contribution is -0.161. The molecule has 2 aromatic heterocycles. The molecule has 1 aromatic carbocycles. The van der Waals surface area contributed by atoms with E-state index in [1.165, 1.54) is 5.56 Å². The van der Waals surface area contributed by atoms with Crippen LogP contribution >= 0.6 is 15.9 Å². The van der Waals surface area contributed by atoms with Crippen LogP contribution in [0.25, 0.3) is 11.3 Å². The van der Waals surface area contributed by atoms with Gasteiger partial charge in [-0.1, -0.05) is 35.0 Å². The predicted octanol–water partition coefficient (Wildman–Crippen LogP) is 3.16. The fraction of sp³-hybridized carbons (Fsp3) is 0.440. The van der Waals surface area contributed by atoms with Crippen LogP contribution in [0, 0.1) is 12.8 Å². The Hall–Kier alpha value is -2.98. The second kappa shape index (κ2) is 8.30. The third-order valence-electron chi connectivity index (χ3n) is 7.77. The lowest BCUT2D eigenvalue weighted by Gasteiger charge is -2.36. The molecule has 1 saturated carbocycles. The van der Waals surface area contributed by atoms with Crippen LogP contribution < -0.4 is 5.32 Å². The van der Waals surface area contributed by atoms with E-state index >= 15 is 0 Å². The summed E-state index contributed by atoms with van der Waals surface area (Å²) in [6, 6.07) is 11.8. The number of aromatic nitrogens is 4. The maximum Gasteiger partial charge on any atom is 0.268 e. The number of amides is 2. The summed E-state index contributed by atoms with van der Waals surface area (Å²) in [5.41, 5.74) is 2.99. The number of aryl methyl sites for hydroxylation is 2. The van der Waals surface area contributed by atoms with E-state index in [0.717, 1.165) is 22.3 Å². The molecule has 9 nitrogen and oxygen atoms in total. The highest BCUT2D eigenvalue weighted by Gasteiger charge is 2.64. The van der Waals surface area contributed by atoms with Gasteiger partial charge >= 0.3 is 0 Å². The fourth-order valence-corrected chi connectivity index (χ4v) is 6.54. The molecule has 2 fully saturated rings. The first-order chi connectivity index (χ1) is 16.9. The van der Waals surface area contributed by atoms with Crippen LogP contribution in [0.2, 0.25) is 0 Å². The van der Waals surface area contributed by atoms with Crippen molar-refractivity contribution in [2.45, 2.75) is 50.5 Å². The molecule has 10 heteroatoms. The first-order valence-electron chi connectivity index (χ1n) is 11.9. The van der Waals surface area contributed by atoms with Gasteiger partial charge in [-0.15, -0.1) is 5.10 Å². The van der Waals surface area contributed by atoms with Gasteiger partial charge in [-0.2, -0.15) is 0 Å². The molecule has 6 rings (SSSR count). The molecule has 4 atom stereocenters. The molecular formula is C25H27BrN6O3. The molecule has 3 aliphatic rings. The van der Waals surface area contributed by atoms with Gasteiger partial charge in [0.25, 0.3) is 5.91 Å². The van der Waals surface area contributed by atoms with Crippen LogP contribution in [-0.2, 0) is 16.1 Å². The second-order valence-corrected chi connectivity index (χ2v) is 10.5. The lowest BCUT2D eigenvalue weighted by atomic mass is 9.95. The van der Waals surface area contributed by atoms with Crippen LogP contribution in [0.4, 0.5) is 0 Å². The normalized spacial score (nSPS) is 27.1. The van der Waals surface area contributed by atoms with Crippen molar-refractivity contribution in [3.05, 3.63) is 58.5 Å². The average molecular weight is 539 g/mol. The Labute approximate surface area is 211 Å². The van der Waals surface area contributed by atoms with Crippen molar-refractivity contribution in [2.24, 2.45) is 5.92 Å². The molecule has 3 aromatic rings. The summed E-state index contributed by atoms with van der Waals surface area (Å²) in [4.78, 5) is 27.2. The molecule has 2 amide bonds. The Morgan fingerprint density at radius 1 is 1.20 bits per heavy atom. The highest BCUT2D eigenvalue weighted by atomic mass is 79.9. The molecule has 35 heavy (non-hydrogen) atoms. The number of carbonyl (C=O) groups excluding carboxylic acids is 2. The number of ether oxygens (including phenoxy) is 1. The summed E-state index contributed by atoms with van der Waals surface area (Å²) < 4.78 is 11.3. The minimum Gasteiger partial charge on any atom is -0.355 e. The number of nitrogens with zero attached hydrogens (tertiary/aromatic N) is 5. The predicted molar refractivity (Wildman–Crippen MR) is 131 cm³/mol. The summed E-state index contributed by atoms with van der Waals surface area (Å²) in [5, 5.41) is 11.7. The van der Waals surface area contributed by atoms with Crippen molar-refractivity contribution >= 4 is 27.7 Å². The van der Waals surface area contributed by atoms with Crippen LogP contribution in [0.5, 0.6) is 0 Å². The van der Waals surface area contributed by atoms with E-state index in [9.17, 15) is 9.59 Å². The number of carbonyl (C=O) groups is 2. The molecule has 0 radical (unpaired) electrons. The number of nitrogens with one attached hydrogen (secondary N) is 1. The number of likely N-dealkylation sites (tertiary alicyclic amines) is 1. The standard InChI is InChI=1S/C25H27BrN6O3/c1-15-4-6-16(7-5-15)18-14-31(29-28-18)10-3-11-35-25-13-20-23(17(25)12-22(33)30(25)2)27-24(34)19-8-9-21(26)32(19)20/h4-9,14,17,20,23H,3,10-13H2,1-2H3,(H,27,34)/t17-,20+,23-,25-/m0/s1. The first kappa shape index (κ1) is 22.5. The number of rotatable bonds is 6. The van der Waals surface area contributed by atoms with Crippen molar-refractivity contribution in [1.29, 1.82) is 0 Å². The van der Waals surface area contributed by atoms with Crippen molar-refractivity contribution in [3.8, 4) is 11.3 Å². The third-order valence-corrected chi connectivity index (χ3v) is 8.41. The zero-order valence-electron chi connectivity index (χ0n) is 19.6. The second-order valence-electron chi connectivity index (χ2n) is 9.73. The van der Waals surface area contributed by atoms with Gasteiger partial charge in [-0.05, 0) is 41.4 Å². The number of fused-ring (bicyclic) bond motifs is 5. The third kappa shape index (κ3) is 3.53. The lowest BCUT2D eigenvalue weighted by Crippen LogP contribution is -2.51. The SMILES string of the molecule is Cc1ccc(-c2cn(CCCO[C@@]34C[C@@H]5[C@@H](NC(=O)c6ccc(Br)n65)[C@@H]3CC(=O)N4C)nn2)cc1. The fourth-order valence-electron chi connectivity index (χ4n) is 5.96. The first-order valence-corrected chi connectivity index (χ1v) is 12.7. The zero-order valence-corrected chi connectivity index (χ0v) is 21.2. The van der Waals surface area contributed by atoms with Gasteiger partial charge in [0, 0.05) is 37.9 Å². The molecule has 0 spiro atoms. The highest BCUT2D eigenvalue weighted by molar-refractivity contribution is 9.10. The average Bonchev–Trinajstić information content (AvgIpc) is 3.58. The highest BCUT2D eigenvalue weighted by Crippen LogP contribution is 2.54. The summed E-state index contributed by atoms with van der Waals surface area (Å²) in [7, 11) is 1.82. The molecule has 1 aliphatic carbocycles. The molecule has 0 unspecified atom stereocenters. The molecule has 182 valence electrons. The van der Waals surface area contributed by atoms with Crippen LogP contribution in [0.1, 0.15) is 41.4 Å². The van der Waals surface area contributed by atoms with Gasteiger partial charge in [0.05, 0.1) is 29.5 Å². The number of benzene rings is 1. The van der Waals surface area contributed by atoms with E-state index < -0.39 is 5.72 Å². The summed E-state index contributed by atoms with van der Waals surface area (Å²) in [6.45, 7) is 3.19. The van der Waals surface area contributed by atoms with Gasteiger partial charge in [0.1, 0.15) is 17.1 Å². The molecule has 2 aliphatic heterocycles. The van der Waals surface area contributed by atoms with Crippen molar-refractivity contribution in [3.63, 3.8) is 0 Å². The smallest absolute Gasteiger partial charge is 0.268 e. The van der Waals surface area contributed by atoms with E-state index in [1.807, 2.05) is 46.8 Å². The van der Waals surface area contributed by atoms with Gasteiger partial charge < -0.3 is 19.5 Å². The number of hydrogen-bond acceptors (Lipinski definition) is 5. The monoisotopic (exact) mass is 538 g/mol. The summed E-state index contributed by atoms with van der Waals surface area (Å²) in [6.07, 6.45) is 3.68. The molecular weight excluding hydrogens is 512 g/mol. The Balaban J connectivity index is 1.16. The molecule has 4 heterocycles. The summed E-state index contributed by atoms with van der Waals surface area (Å²) in [5.74, 6) is -0.152. The van der Waals surface area contributed by atoms with Crippen LogP contribution in [0.15, 0.2) is 47.2 Å². The topological polar surface area (TPSA) is 94.3 Å². The van der Waals surface area contributed by atoms with E-state index in [-0.39, 0.29) is 29.8 Å². The number of halogens is 1. The Morgan fingerprint density at radius 2 is 2.00 bits per heavy atom. The Morgan fingerprint density at radius 3 is 2.80 bits per heavy atom. The van der Waals surface area contributed by atoms with E-state index in [2.05, 4.69) is 50.6 Å². The van der Waals surface area contributed by atoms with E-state index in [0.29, 0.717) is 31.7 Å². The van der Waals surface area contributed by atoms with Crippen LogP contribution in [0.3, 0.4) is 0 Å². The molecule has 1 saturated heterocycles. The maximum absolute atomic E-state index is 12.7. The Bertz CT molecular complexity index is 1300. The number of hydrogen-bond donors (Lipinski definition) is 1. The van der Waals surface area contributed by atoms with E-state index in [4.69, 9.17) is 4.74 Å². The van der Waals surface area contributed by atoms with Crippen molar-refractivity contribution in [1.82, 2.24) is 29.8 Å². The van der Waals surface area contributed by atoms with E-state index in [1.54, 1.807) is 4.90 Å².